The molecule has 8 heteroatoms. The Morgan fingerprint density at radius 3 is 2.85 bits per heavy atom. The number of ether oxygens (including phenoxy) is 2. The van der Waals surface area contributed by atoms with Crippen LogP contribution in [0.15, 0.2) is 30.6 Å². The number of rotatable bonds is 5. The van der Waals surface area contributed by atoms with Gasteiger partial charge in [-0.1, -0.05) is 0 Å². The molecule has 1 saturated carbocycles. The molecule has 33 heavy (non-hydrogen) atoms. The number of nitrogens with one attached hydrogen (secondary N) is 1. The van der Waals surface area contributed by atoms with Crippen LogP contribution in [-0.2, 0) is 19.9 Å². The molecule has 2 fully saturated rings. The third kappa shape index (κ3) is 3.77. The van der Waals surface area contributed by atoms with Crippen LogP contribution >= 0.6 is 0 Å². The molecule has 0 spiro atoms. The van der Waals surface area contributed by atoms with Gasteiger partial charge < -0.3 is 19.4 Å². The number of hydrogen-bond donors (Lipinski definition) is 1. The number of aromatic nitrogens is 3. The van der Waals surface area contributed by atoms with Gasteiger partial charge in [0.05, 0.1) is 23.9 Å². The zero-order valence-electron chi connectivity index (χ0n) is 19.1. The molecule has 1 aliphatic carbocycles. The second kappa shape index (κ2) is 8.25. The fraction of sp³-hybridized carbons (Fsp3) is 0.440. The van der Waals surface area contributed by atoms with Crippen molar-refractivity contribution in [3.05, 3.63) is 47.4 Å². The summed E-state index contributed by atoms with van der Waals surface area (Å²) < 4.78 is 13.6. The quantitative estimate of drug-likeness (QED) is 0.638. The third-order valence-electron chi connectivity index (χ3n) is 6.83. The van der Waals surface area contributed by atoms with E-state index >= 15 is 0 Å². The Labute approximate surface area is 192 Å². The lowest BCUT2D eigenvalue weighted by Gasteiger charge is -2.30. The summed E-state index contributed by atoms with van der Waals surface area (Å²) in [5, 5.41) is 13.0. The van der Waals surface area contributed by atoms with Crippen LogP contribution in [-0.4, -0.2) is 40.8 Å². The number of carbonyl (C=O) groups is 1. The Morgan fingerprint density at radius 1 is 1.36 bits per heavy atom. The summed E-state index contributed by atoms with van der Waals surface area (Å²) in [5.74, 6) is 1.52. The van der Waals surface area contributed by atoms with Crippen LogP contribution in [0.1, 0.15) is 48.9 Å². The van der Waals surface area contributed by atoms with Gasteiger partial charge in [0.15, 0.2) is 0 Å². The molecule has 170 valence electrons. The van der Waals surface area contributed by atoms with Gasteiger partial charge in [-0.05, 0) is 48.9 Å². The van der Waals surface area contributed by atoms with Crippen LogP contribution in [0.2, 0.25) is 0 Å². The Morgan fingerprint density at radius 2 is 2.18 bits per heavy atom. The molecule has 1 atom stereocenters. The Kier molecular flexibility index (Phi) is 5.39. The summed E-state index contributed by atoms with van der Waals surface area (Å²) in [6, 6.07) is 8.35. The van der Waals surface area contributed by atoms with E-state index in [0.29, 0.717) is 24.9 Å². The summed E-state index contributed by atoms with van der Waals surface area (Å²) in [6.07, 6.45) is 6.37. The van der Waals surface area contributed by atoms with Gasteiger partial charge in [-0.25, -0.2) is 9.97 Å². The first-order valence-corrected chi connectivity index (χ1v) is 11.2. The van der Waals surface area contributed by atoms with E-state index < -0.39 is 5.60 Å². The van der Waals surface area contributed by atoms with Gasteiger partial charge in [0.25, 0.3) is 0 Å². The fourth-order valence-corrected chi connectivity index (χ4v) is 4.90. The molecule has 4 heterocycles. The summed E-state index contributed by atoms with van der Waals surface area (Å²) in [7, 11) is 1.70. The van der Waals surface area contributed by atoms with Gasteiger partial charge in [-0.15, -0.1) is 0 Å². The maximum atomic E-state index is 11.6. The highest BCUT2D eigenvalue weighted by molar-refractivity contribution is 5.92. The fourth-order valence-electron chi connectivity index (χ4n) is 4.90. The van der Waals surface area contributed by atoms with E-state index in [1.165, 1.54) is 6.92 Å². The van der Waals surface area contributed by atoms with Gasteiger partial charge >= 0.3 is 0 Å². The lowest BCUT2D eigenvalue weighted by Crippen LogP contribution is -2.30. The van der Waals surface area contributed by atoms with Crippen molar-refractivity contribution in [1.29, 1.82) is 5.26 Å². The standard InChI is InChI=1S/C25H27N5O3/c1-15-6-22(25(32-3)4-5-33-14-25)29-24(7-15)30-13-20(18-8-17(9-18)11-26)19-12-27-23(10-21(19)30)28-16(2)31/h6-7,10,12-13,17-18H,4-5,8-9,14H2,1-3H3,(H,27,28,31)/t17-,18-,25?. The summed E-state index contributed by atoms with van der Waals surface area (Å²) in [4.78, 5) is 21.1. The number of aryl methyl sites for hydroxylation is 1. The zero-order valence-corrected chi connectivity index (χ0v) is 19.1. The normalized spacial score (nSPS) is 24.4. The van der Waals surface area contributed by atoms with Crippen molar-refractivity contribution in [2.75, 3.05) is 25.6 Å². The highest BCUT2D eigenvalue weighted by Gasteiger charge is 2.39. The highest BCUT2D eigenvalue weighted by atomic mass is 16.5. The molecule has 0 radical (unpaired) electrons. The molecule has 0 aromatic carbocycles. The number of nitrogens with zero attached hydrogens (tertiary/aromatic N) is 4. The SMILES string of the molecule is COC1(c2cc(C)cc(-n3cc([C@H]4C[C@H](C#N)C4)c4cnc(NC(C)=O)cc43)n2)CCOC1. The number of pyridine rings is 2. The maximum Gasteiger partial charge on any atom is 0.222 e. The van der Waals surface area contributed by atoms with E-state index in [-0.39, 0.29) is 11.8 Å². The number of fused-ring (bicyclic) bond motifs is 1. The van der Waals surface area contributed by atoms with E-state index in [9.17, 15) is 10.1 Å². The zero-order chi connectivity index (χ0) is 23.2. The molecule has 3 aromatic rings. The first-order chi connectivity index (χ1) is 15.9. The molecule has 2 aliphatic rings. The molecule has 1 saturated heterocycles. The van der Waals surface area contributed by atoms with Gasteiger partial charge in [0, 0.05) is 56.8 Å². The topological polar surface area (TPSA) is 102 Å². The molecule has 3 aromatic heterocycles. The molecule has 1 N–H and O–H groups in total. The van der Waals surface area contributed by atoms with Crippen LogP contribution in [0, 0.1) is 24.2 Å². The summed E-state index contributed by atoms with van der Waals surface area (Å²) >= 11 is 0. The van der Waals surface area contributed by atoms with Gasteiger partial charge in [-0.3, -0.25) is 4.79 Å². The average molecular weight is 446 g/mol. The Hall–Kier alpha value is -3.28. The van der Waals surface area contributed by atoms with Crippen molar-refractivity contribution in [3.63, 3.8) is 0 Å². The molecule has 8 nitrogen and oxygen atoms in total. The van der Waals surface area contributed by atoms with Gasteiger partial charge in [0.2, 0.25) is 5.91 Å². The van der Waals surface area contributed by atoms with E-state index in [1.807, 2.05) is 25.3 Å². The Balaban J connectivity index is 1.65. The van der Waals surface area contributed by atoms with E-state index in [1.54, 1.807) is 7.11 Å². The second-order valence-electron chi connectivity index (χ2n) is 9.11. The molecule has 1 aliphatic heterocycles. The van der Waals surface area contributed by atoms with Crippen LogP contribution < -0.4 is 5.32 Å². The Bertz CT molecular complexity index is 1260. The van der Waals surface area contributed by atoms with Crippen LogP contribution in [0.25, 0.3) is 16.7 Å². The number of nitriles is 1. The molecule has 5 rings (SSSR count). The van der Waals surface area contributed by atoms with Crippen molar-refractivity contribution in [1.82, 2.24) is 14.5 Å². The van der Waals surface area contributed by atoms with Crippen molar-refractivity contribution in [2.24, 2.45) is 5.92 Å². The van der Waals surface area contributed by atoms with Crippen LogP contribution in [0.3, 0.4) is 0 Å². The summed E-state index contributed by atoms with van der Waals surface area (Å²) in [5.41, 5.74) is 3.45. The summed E-state index contributed by atoms with van der Waals surface area (Å²) in [6.45, 7) is 4.64. The third-order valence-corrected chi connectivity index (χ3v) is 6.83. The molecule has 1 amide bonds. The number of methoxy groups -OCH3 is 1. The lowest BCUT2D eigenvalue weighted by atomic mass is 9.72. The lowest BCUT2D eigenvalue weighted by molar-refractivity contribution is -0.114. The minimum absolute atomic E-state index is 0.104. The van der Waals surface area contributed by atoms with Crippen molar-refractivity contribution in [2.45, 2.75) is 44.6 Å². The highest BCUT2D eigenvalue weighted by Crippen LogP contribution is 2.45. The minimum Gasteiger partial charge on any atom is -0.378 e. The van der Waals surface area contributed by atoms with E-state index in [0.717, 1.165) is 52.8 Å². The van der Waals surface area contributed by atoms with Crippen molar-refractivity contribution in [3.8, 4) is 11.9 Å². The molecule has 0 bridgehead atoms. The van der Waals surface area contributed by atoms with E-state index in [4.69, 9.17) is 14.5 Å². The molecule has 1 unspecified atom stereocenters. The largest absolute Gasteiger partial charge is 0.378 e. The molecular formula is C25H27N5O3. The number of carbonyl (C=O) groups excluding carboxylic acids is 1. The minimum atomic E-state index is -0.552. The first kappa shape index (κ1) is 21.6. The maximum absolute atomic E-state index is 11.6. The second-order valence-corrected chi connectivity index (χ2v) is 9.11. The predicted molar refractivity (Wildman–Crippen MR) is 123 cm³/mol. The average Bonchev–Trinajstić information content (AvgIpc) is 3.38. The van der Waals surface area contributed by atoms with Crippen molar-refractivity contribution < 1.29 is 14.3 Å². The van der Waals surface area contributed by atoms with E-state index in [2.05, 4.69) is 33.2 Å². The van der Waals surface area contributed by atoms with Crippen molar-refractivity contribution >= 4 is 22.6 Å². The predicted octanol–water partition coefficient (Wildman–Crippen LogP) is 3.97. The smallest absolute Gasteiger partial charge is 0.222 e. The van der Waals surface area contributed by atoms with Gasteiger partial charge in [0.1, 0.15) is 17.2 Å². The number of anilines is 1. The van der Waals surface area contributed by atoms with Crippen LogP contribution in [0.4, 0.5) is 5.82 Å². The molecular weight excluding hydrogens is 418 g/mol. The number of hydrogen-bond acceptors (Lipinski definition) is 6. The van der Waals surface area contributed by atoms with Gasteiger partial charge in [-0.2, -0.15) is 5.26 Å². The number of amides is 1. The monoisotopic (exact) mass is 445 g/mol. The first-order valence-electron chi connectivity index (χ1n) is 11.2. The van der Waals surface area contributed by atoms with Crippen LogP contribution in [0.5, 0.6) is 0 Å².